The van der Waals surface area contributed by atoms with E-state index < -0.39 is 0 Å². The van der Waals surface area contributed by atoms with Crippen molar-refractivity contribution in [2.45, 2.75) is 25.8 Å². The van der Waals surface area contributed by atoms with E-state index in [2.05, 4.69) is 24.4 Å². The average molecular weight is 287 g/mol. The van der Waals surface area contributed by atoms with Crippen molar-refractivity contribution >= 4 is 0 Å². The Hall–Kier alpha value is -1.87. The van der Waals surface area contributed by atoms with E-state index in [-0.39, 0.29) is 11.9 Å². The molecule has 0 fully saturated rings. The maximum atomic E-state index is 14.4. The van der Waals surface area contributed by atoms with Crippen molar-refractivity contribution in [1.82, 2.24) is 5.32 Å². The van der Waals surface area contributed by atoms with Crippen molar-refractivity contribution in [3.8, 4) is 5.75 Å². The van der Waals surface area contributed by atoms with Gasteiger partial charge in [0.15, 0.2) is 11.6 Å². The predicted octanol–water partition coefficient (Wildman–Crippen LogP) is 4.04. The van der Waals surface area contributed by atoms with Crippen LogP contribution < -0.4 is 10.1 Å². The fraction of sp³-hybridized carbons (Fsp3) is 0.333. The highest BCUT2D eigenvalue weighted by Gasteiger charge is 2.17. The van der Waals surface area contributed by atoms with Crippen LogP contribution in [0.2, 0.25) is 0 Å². The van der Waals surface area contributed by atoms with Crippen LogP contribution in [0.15, 0.2) is 42.5 Å². The third kappa shape index (κ3) is 3.61. The topological polar surface area (TPSA) is 21.3 Å². The zero-order chi connectivity index (χ0) is 15.2. The van der Waals surface area contributed by atoms with Crippen molar-refractivity contribution in [3.63, 3.8) is 0 Å². The van der Waals surface area contributed by atoms with Crippen LogP contribution in [0.1, 0.15) is 29.2 Å². The van der Waals surface area contributed by atoms with Gasteiger partial charge in [-0.2, -0.15) is 0 Å². The van der Waals surface area contributed by atoms with Gasteiger partial charge in [0.1, 0.15) is 0 Å². The first-order chi connectivity index (χ1) is 10.2. The highest BCUT2D eigenvalue weighted by molar-refractivity contribution is 5.33. The third-order valence-corrected chi connectivity index (χ3v) is 3.90. The quantitative estimate of drug-likeness (QED) is 0.866. The summed E-state index contributed by atoms with van der Waals surface area (Å²) in [4.78, 5) is 0. The van der Waals surface area contributed by atoms with Crippen LogP contribution in [0.25, 0.3) is 0 Å². The first kappa shape index (κ1) is 15.5. The normalized spacial score (nSPS) is 12.2. The van der Waals surface area contributed by atoms with Gasteiger partial charge in [0.2, 0.25) is 0 Å². The minimum atomic E-state index is -0.274. The Morgan fingerprint density at radius 1 is 1.14 bits per heavy atom. The van der Waals surface area contributed by atoms with Crippen LogP contribution in [0.5, 0.6) is 5.75 Å². The van der Waals surface area contributed by atoms with E-state index >= 15 is 0 Å². The maximum Gasteiger partial charge on any atom is 0.169 e. The van der Waals surface area contributed by atoms with Crippen molar-refractivity contribution in [3.05, 3.63) is 65.0 Å². The average Bonchev–Trinajstić information content (AvgIpc) is 2.51. The van der Waals surface area contributed by atoms with Crippen molar-refractivity contribution in [1.29, 1.82) is 0 Å². The van der Waals surface area contributed by atoms with Gasteiger partial charge in [-0.25, -0.2) is 4.39 Å². The zero-order valence-corrected chi connectivity index (χ0v) is 12.8. The molecule has 0 radical (unpaired) electrons. The summed E-state index contributed by atoms with van der Waals surface area (Å²) in [6, 6.07) is 13.6. The summed E-state index contributed by atoms with van der Waals surface area (Å²) in [6.45, 7) is 2.11. The molecule has 0 saturated heterocycles. The lowest BCUT2D eigenvalue weighted by atomic mass is 9.96. The van der Waals surface area contributed by atoms with Gasteiger partial charge >= 0.3 is 0 Å². The second-order valence-corrected chi connectivity index (χ2v) is 5.17. The summed E-state index contributed by atoms with van der Waals surface area (Å²) in [5.74, 6) is 0.0211. The van der Waals surface area contributed by atoms with Crippen LogP contribution in [0, 0.1) is 12.7 Å². The summed E-state index contributed by atoms with van der Waals surface area (Å²) >= 11 is 0. The van der Waals surface area contributed by atoms with Gasteiger partial charge < -0.3 is 10.1 Å². The van der Waals surface area contributed by atoms with E-state index in [1.165, 1.54) is 18.2 Å². The number of nitrogens with one attached hydrogen (secondary N) is 1. The van der Waals surface area contributed by atoms with Crippen molar-refractivity contribution < 1.29 is 9.13 Å². The van der Waals surface area contributed by atoms with Gasteiger partial charge in [0.05, 0.1) is 7.11 Å². The number of hydrogen-bond donors (Lipinski definition) is 1. The lowest BCUT2D eigenvalue weighted by molar-refractivity contribution is 0.379. The maximum absolute atomic E-state index is 14.4. The summed E-state index contributed by atoms with van der Waals surface area (Å²) in [5, 5.41) is 3.20. The first-order valence-electron chi connectivity index (χ1n) is 7.21. The summed E-state index contributed by atoms with van der Waals surface area (Å²) in [6.07, 6.45) is 1.75. The summed E-state index contributed by atoms with van der Waals surface area (Å²) in [5.41, 5.74) is 3.24. The molecule has 0 spiro atoms. The minimum Gasteiger partial charge on any atom is -0.494 e. The SMILES string of the molecule is CNC(CCc1ccccc1C)c1cccc(OC)c1F. The molecule has 2 rings (SSSR count). The van der Waals surface area contributed by atoms with E-state index in [4.69, 9.17) is 4.74 Å². The highest BCUT2D eigenvalue weighted by atomic mass is 19.1. The fourth-order valence-electron chi connectivity index (χ4n) is 2.60. The highest BCUT2D eigenvalue weighted by Crippen LogP contribution is 2.27. The van der Waals surface area contributed by atoms with E-state index in [1.54, 1.807) is 6.07 Å². The molecule has 21 heavy (non-hydrogen) atoms. The number of ether oxygens (including phenoxy) is 1. The van der Waals surface area contributed by atoms with Crippen LogP contribution in [-0.4, -0.2) is 14.2 Å². The number of halogens is 1. The fourth-order valence-corrected chi connectivity index (χ4v) is 2.60. The van der Waals surface area contributed by atoms with Gasteiger partial charge in [-0.15, -0.1) is 0 Å². The molecule has 0 aliphatic heterocycles. The van der Waals surface area contributed by atoms with Crippen LogP contribution in [-0.2, 0) is 6.42 Å². The minimum absolute atomic E-state index is 0.0280. The van der Waals surface area contributed by atoms with Crippen LogP contribution in [0.3, 0.4) is 0 Å². The Balaban J connectivity index is 2.16. The molecular weight excluding hydrogens is 265 g/mol. The molecule has 2 aromatic carbocycles. The van der Waals surface area contributed by atoms with Gasteiger partial charge in [0.25, 0.3) is 0 Å². The smallest absolute Gasteiger partial charge is 0.169 e. The van der Waals surface area contributed by atoms with Crippen molar-refractivity contribution in [2.75, 3.05) is 14.2 Å². The molecule has 0 saturated carbocycles. The number of hydrogen-bond acceptors (Lipinski definition) is 2. The second kappa shape index (κ2) is 7.23. The Labute approximate surface area is 126 Å². The molecule has 0 aliphatic rings. The van der Waals surface area contributed by atoms with Crippen LogP contribution in [0.4, 0.5) is 4.39 Å². The first-order valence-corrected chi connectivity index (χ1v) is 7.21. The van der Waals surface area contributed by atoms with E-state index in [0.717, 1.165) is 12.8 Å². The number of methoxy groups -OCH3 is 1. The lowest BCUT2D eigenvalue weighted by Crippen LogP contribution is -2.19. The van der Waals surface area contributed by atoms with E-state index in [1.807, 2.05) is 31.3 Å². The standard InChI is InChI=1S/C18H22FNO/c1-13-7-4-5-8-14(13)11-12-16(20-2)15-9-6-10-17(21-3)18(15)19/h4-10,16,20H,11-12H2,1-3H3. The Morgan fingerprint density at radius 3 is 2.57 bits per heavy atom. The van der Waals surface area contributed by atoms with E-state index in [0.29, 0.717) is 11.3 Å². The summed E-state index contributed by atoms with van der Waals surface area (Å²) in [7, 11) is 3.35. The predicted molar refractivity (Wildman–Crippen MR) is 84.3 cm³/mol. The molecular formula is C18H22FNO. The molecule has 2 nitrogen and oxygen atoms in total. The molecule has 112 valence electrons. The molecule has 0 amide bonds. The van der Waals surface area contributed by atoms with Gasteiger partial charge in [-0.3, -0.25) is 0 Å². The van der Waals surface area contributed by atoms with Crippen LogP contribution >= 0.6 is 0 Å². The Kier molecular flexibility index (Phi) is 5.34. The molecule has 1 N–H and O–H groups in total. The number of benzene rings is 2. The van der Waals surface area contributed by atoms with Crippen molar-refractivity contribution in [2.24, 2.45) is 0 Å². The van der Waals surface area contributed by atoms with Gasteiger partial charge in [-0.05, 0) is 44.0 Å². The summed E-state index contributed by atoms with van der Waals surface area (Å²) < 4.78 is 19.4. The molecule has 2 aromatic rings. The molecule has 0 aromatic heterocycles. The van der Waals surface area contributed by atoms with E-state index in [9.17, 15) is 4.39 Å². The Morgan fingerprint density at radius 2 is 1.90 bits per heavy atom. The molecule has 0 bridgehead atoms. The second-order valence-electron chi connectivity index (χ2n) is 5.17. The molecule has 3 heteroatoms. The molecule has 0 heterocycles. The van der Waals surface area contributed by atoms with Gasteiger partial charge in [-0.1, -0.05) is 36.4 Å². The third-order valence-electron chi connectivity index (χ3n) is 3.90. The Bertz CT molecular complexity index is 598. The zero-order valence-electron chi connectivity index (χ0n) is 12.8. The monoisotopic (exact) mass is 287 g/mol. The number of rotatable bonds is 6. The number of aryl methyl sites for hydroxylation is 2. The lowest BCUT2D eigenvalue weighted by Gasteiger charge is -2.19. The largest absolute Gasteiger partial charge is 0.494 e. The molecule has 1 unspecified atom stereocenters. The van der Waals surface area contributed by atoms with Gasteiger partial charge in [0, 0.05) is 11.6 Å². The molecule has 0 aliphatic carbocycles. The molecule has 1 atom stereocenters.